The number of halogens is 2. The minimum Gasteiger partial charge on any atom is -0.314 e. The van der Waals surface area contributed by atoms with Crippen LogP contribution in [0.1, 0.15) is 63.5 Å². The molecule has 0 aliphatic rings. The molecule has 0 saturated heterocycles. The van der Waals surface area contributed by atoms with Crippen LogP contribution in [0.2, 0.25) is 0 Å². The monoisotopic (exact) mass is 452 g/mol. The molecule has 2 N–H and O–H groups in total. The van der Waals surface area contributed by atoms with Gasteiger partial charge in [0, 0.05) is 12.1 Å². The van der Waals surface area contributed by atoms with E-state index in [2.05, 4.69) is 85.1 Å². The van der Waals surface area contributed by atoms with E-state index in [1.54, 1.807) is 0 Å². The van der Waals surface area contributed by atoms with E-state index >= 15 is 0 Å². The van der Waals surface area contributed by atoms with Gasteiger partial charge in [-0.2, -0.15) is 0 Å². The fraction of sp³-hybridized carbons (Fsp3) is 0.538. The lowest BCUT2D eigenvalue weighted by Gasteiger charge is -2.14. The van der Waals surface area contributed by atoms with Crippen molar-refractivity contribution in [2.45, 2.75) is 77.3 Å². The van der Waals surface area contributed by atoms with E-state index < -0.39 is 0 Å². The third kappa shape index (κ3) is 14.0. The van der Waals surface area contributed by atoms with E-state index in [1.165, 1.54) is 49.7 Å². The number of benzene rings is 2. The Morgan fingerprint density at radius 2 is 0.867 bits per heavy atom. The summed E-state index contributed by atoms with van der Waals surface area (Å²) < 4.78 is 0. The molecule has 2 rings (SSSR count). The summed E-state index contributed by atoms with van der Waals surface area (Å²) in [5, 5.41) is 7.33. The third-order valence-corrected chi connectivity index (χ3v) is 5.36. The second-order valence-electron chi connectivity index (χ2n) is 8.21. The van der Waals surface area contributed by atoms with E-state index in [4.69, 9.17) is 0 Å². The first-order chi connectivity index (χ1) is 13.7. The largest absolute Gasteiger partial charge is 0.314 e. The highest BCUT2D eigenvalue weighted by atomic mass is 35.5. The molecule has 0 amide bonds. The average molecular weight is 454 g/mol. The highest BCUT2D eigenvalue weighted by Gasteiger charge is 2.03. The Kier molecular flexibility index (Phi) is 18.0. The molecule has 0 aromatic heterocycles. The first-order valence-corrected chi connectivity index (χ1v) is 11.3. The minimum atomic E-state index is 0. The van der Waals surface area contributed by atoms with Crippen LogP contribution in [0.4, 0.5) is 0 Å². The fourth-order valence-corrected chi connectivity index (χ4v) is 3.73. The molecule has 2 unspecified atom stereocenters. The minimum absolute atomic E-state index is 0. The van der Waals surface area contributed by atoms with Gasteiger partial charge >= 0.3 is 0 Å². The van der Waals surface area contributed by atoms with Crippen molar-refractivity contribution in [1.29, 1.82) is 0 Å². The summed E-state index contributed by atoms with van der Waals surface area (Å²) in [6.07, 6.45) is 10.3. The summed E-state index contributed by atoms with van der Waals surface area (Å²) >= 11 is 0. The van der Waals surface area contributed by atoms with Crippen molar-refractivity contribution in [2.24, 2.45) is 0 Å². The van der Waals surface area contributed by atoms with E-state index in [0.717, 1.165) is 25.9 Å². The SMILES string of the molecule is CC(Cc1ccccc1)NCCCCCCCCNC(C)Cc1ccccc1.Cl.Cl. The second-order valence-corrected chi connectivity index (χ2v) is 8.21. The first-order valence-electron chi connectivity index (χ1n) is 11.3. The van der Waals surface area contributed by atoms with Crippen molar-refractivity contribution in [1.82, 2.24) is 10.6 Å². The number of nitrogens with one attached hydrogen (secondary N) is 2. The zero-order chi connectivity index (χ0) is 19.9. The topological polar surface area (TPSA) is 24.1 Å². The molecular weight excluding hydrogens is 411 g/mol. The van der Waals surface area contributed by atoms with Crippen LogP contribution in [-0.4, -0.2) is 25.2 Å². The molecule has 30 heavy (non-hydrogen) atoms. The zero-order valence-corrected chi connectivity index (χ0v) is 20.4. The first kappa shape index (κ1) is 28.9. The van der Waals surface area contributed by atoms with Crippen LogP contribution in [0, 0.1) is 0 Å². The molecule has 0 aliphatic carbocycles. The van der Waals surface area contributed by atoms with Gasteiger partial charge in [-0.05, 0) is 63.7 Å². The van der Waals surface area contributed by atoms with Gasteiger partial charge < -0.3 is 10.6 Å². The average Bonchev–Trinajstić information content (AvgIpc) is 2.71. The van der Waals surface area contributed by atoms with Crippen molar-refractivity contribution >= 4 is 24.8 Å². The van der Waals surface area contributed by atoms with Crippen molar-refractivity contribution in [3.63, 3.8) is 0 Å². The van der Waals surface area contributed by atoms with Gasteiger partial charge in [0.2, 0.25) is 0 Å². The van der Waals surface area contributed by atoms with Gasteiger partial charge in [0.15, 0.2) is 0 Å². The lowest BCUT2D eigenvalue weighted by atomic mass is 10.1. The molecule has 2 aromatic carbocycles. The van der Waals surface area contributed by atoms with Gasteiger partial charge in [0.1, 0.15) is 0 Å². The quantitative estimate of drug-likeness (QED) is 0.297. The van der Waals surface area contributed by atoms with E-state index in [0.29, 0.717) is 12.1 Å². The summed E-state index contributed by atoms with van der Waals surface area (Å²) in [6.45, 7) is 6.87. The van der Waals surface area contributed by atoms with Crippen molar-refractivity contribution < 1.29 is 0 Å². The summed E-state index contributed by atoms with van der Waals surface area (Å²) in [5.41, 5.74) is 2.85. The highest BCUT2D eigenvalue weighted by Crippen LogP contribution is 2.07. The maximum absolute atomic E-state index is 3.66. The molecule has 0 fully saturated rings. The second kappa shape index (κ2) is 18.7. The molecule has 0 saturated carbocycles. The van der Waals surface area contributed by atoms with Crippen LogP contribution >= 0.6 is 24.8 Å². The van der Waals surface area contributed by atoms with Crippen LogP contribution in [-0.2, 0) is 12.8 Å². The molecule has 0 aliphatic heterocycles. The van der Waals surface area contributed by atoms with E-state index in [-0.39, 0.29) is 24.8 Å². The number of hydrogen-bond donors (Lipinski definition) is 2. The highest BCUT2D eigenvalue weighted by molar-refractivity contribution is 5.85. The summed E-state index contributed by atoms with van der Waals surface area (Å²) in [4.78, 5) is 0. The van der Waals surface area contributed by atoms with Crippen LogP contribution in [0.25, 0.3) is 0 Å². The Labute approximate surface area is 197 Å². The number of unbranched alkanes of at least 4 members (excludes halogenated alkanes) is 5. The van der Waals surface area contributed by atoms with E-state index in [1.807, 2.05) is 0 Å². The Morgan fingerprint density at radius 3 is 1.23 bits per heavy atom. The number of rotatable bonds is 15. The Morgan fingerprint density at radius 1 is 0.533 bits per heavy atom. The predicted octanol–water partition coefficient (Wildman–Crippen LogP) is 6.61. The van der Waals surface area contributed by atoms with Crippen LogP contribution < -0.4 is 10.6 Å². The van der Waals surface area contributed by atoms with Gasteiger partial charge in [-0.25, -0.2) is 0 Å². The van der Waals surface area contributed by atoms with Crippen molar-refractivity contribution in [3.8, 4) is 0 Å². The molecule has 4 heteroatoms. The maximum Gasteiger partial charge on any atom is 0.00791 e. The molecule has 0 radical (unpaired) electrons. The fourth-order valence-electron chi connectivity index (χ4n) is 3.73. The standard InChI is InChI=1S/C26H40N2.2ClH/c1-23(21-25-15-9-7-10-16-25)27-19-13-5-3-4-6-14-20-28-24(2)22-26-17-11-8-12-18-26;;/h7-12,15-18,23-24,27-28H,3-6,13-14,19-22H2,1-2H3;2*1H. The van der Waals surface area contributed by atoms with Crippen molar-refractivity contribution in [2.75, 3.05) is 13.1 Å². The lowest BCUT2D eigenvalue weighted by molar-refractivity contribution is 0.495. The molecule has 2 atom stereocenters. The van der Waals surface area contributed by atoms with Crippen LogP contribution in [0.5, 0.6) is 0 Å². The van der Waals surface area contributed by atoms with Crippen molar-refractivity contribution in [3.05, 3.63) is 71.8 Å². The lowest BCUT2D eigenvalue weighted by Crippen LogP contribution is -2.29. The van der Waals surface area contributed by atoms with Gasteiger partial charge in [0.05, 0.1) is 0 Å². The summed E-state index contributed by atoms with van der Waals surface area (Å²) in [6, 6.07) is 22.7. The Hall–Kier alpha value is -1.06. The molecule has 0 spiro atoms. The Balaban J connectivity index is 0.00000420. The summed E-state index contributed by atoms with van der Waals surface area (Å²) in [5.74, 6) is 0. The maximum atomic E-state index is 3.66. The summed E-state index contributed by atoms with van der Waals surface area (Å²) in [7, 11) is 0. The van der Waals surface area contributed by atoms with E-state index in [9.17, 15) is 0 Å². The smallest absolute Gasteiger partial charge is 0.00791 e. The molecule has 2 nitrogen and oxygen atoms in total. The predicted molar refractivity (Wildman–Crippen MR) is 137 cm³/mol. The van der Waals surface area contributed by atoms with Crippen LogP contribution in [0.15, 0.2) is 60.7 Å². The normalized spacial score (nSPS) is 12.5. The Bertz CT molecular complexity index is 551. The van der Waals surface area contributed by atoms with Gasteiger partial charge in [0.25, 0.3) is 0 Å². The molecule has 170 valence electrons. The number of hydrogen-bond acceptors (Lipinski definition) is 2. The van der Waals surface area contributed by atoms with Gasteiger partial charge in [-0.1, -0.05) is 86.3 Å². The molecule has 0 bridgehead atoms. The molecule has 0 heterocycles. The van der Waals surface area contributed by atoms with Gasteiger partial charge in [-0.3, -0.25) is 0 Å². The molecule has 2 aromatic rings. The van der Waals surface area contributed by atoms with Gasteiger partial charge in [-0.15, -0.1) is 24.8 Å². The zero-order valence-electron chi connectivity index (χ0n) is 18.8. The molecular formula is C26H42Cl2N2. The third-order valence-electron chi connectivity index (χ3n) is 5.36. The van der Waals surface area contributed by atoms with Crippen LogP contribution in [0.3, 0.4) is 0 Å².